The van der Waals surface area contributed by atoms with Crippen LogP contribution >= 0.6 is 11.8 Å². The molecule has 1 heterocycles. The van der Waals surface area contributed by atoms with Gasteiger partial charge < -0.3 is 10.0 Å². The molecule has 1 N–H and O–H groups in total. The lowest BCUT2D eigenvalue weighted by Crippen LogP contribution is -2.28. The first-order valence-corrected chi connectivity index (χ1v) is 7.34. The number of rotatable bonds is 4. The van der Waals surface area contributed by atoms with Crippen molar-refractivity contribution in [2.75, 3.05) is 17.2 Å². The van der Waals surface area contributed by atoms with E-state index in [4.69, 9.17) is 5.11 Å². The van der Waals surface area contributed by atoms with Gasteiger partial charge in [0.25, 0.3) is 0 Å². The van der Waals surface area contributed by atoms with E-state index in [0.29, 0.717) is 5.75 Å². The van der Waals surface area contributed by atoms with Crippen molar-refractivity contribution < 1.29 is 23.9 Å². The maximum atomic E-state index is 14.0. The highest BCUT2D eigenvalue weighted by atomic mass is 32.2. The first kappa shape index (κ1) is 15.5. The highest BCUT2D eigenvalue weighted by Crippen LogP contribution is 2.32. The molecule has 1 aromatic rings. The maximum Gasteiger partial charge on any atom is 0.337 e. The van der Waals surface area contributed by atoms with Crippen LogP contribution in [0.25, 0.3) is 0 Å². The number of aromatic carboxylic acids is 1. The zero-order chi connectivity index (χ0) is 15.6. The summed E-state index contributed by atoms with van der Waals surface area (Å²) >= 11 is 1.11. The number of halogens is 1. The number of carboxylic acid groups (broad SMARTS) is 1. The quantitative estimate of drug-likeness (QED) is 0.922. The molecule has 1 aliphatic heterocycles. The number of carboxylic acids is 1. The van der Waals surface area contributed by atoms with Crippen LogP contribution in [-0.2, 0) is 9.59 Å². The Morgan fingerprint density at radius 2 is 2.19 bits per heavy atom. The van der Waals surface area contributed by atoms with Gasteiger partial charge in [-0.1, -0.05) is 17.8 Å². The number of carbonyl (C=O) groups is 3. The molecule has 0 aliphatic carbocycles. The molecule has 7 heteroatoms. The lowest BCUT2D eigenvalue weighted by atomic mass is 10.1. The Labute approximate surface area is 125 Å². The second-order valence-corrected chi connectivity index (χ2v) is 6.02. The smallest absolute Gasteiger partial charge is 0.337 e. The molecule has 2 rings (SSSR count). The van der Waals surface area contributed by atoms with E-state index < -0.39 is 11.8 Å². The fourth-order valence-corrected chi connectivity index (χ4v) is 3.00. The third kappa shape index (κ3) is 3.41. The molecule has 112 valence electrons. The van der Waals surface area contributed by atoms with Crippen LogP contribution in [0.2, 0.25) is 0 Å². The summed E-state index contributed by atoms with van der Waals surface area (Å²) in [5.41, 5.74) is -0.423. The van der Waals surface area contributed by atoms with Crippen LogP contribution < -0.4 is 4.90 Å². The van der Waals surface area contributed by atoms with Gasteiger partial charge >= 0.3 is 5.97 Å². The van der Waals surface area contributed by atoms with Gasteiger partial charge in [0, 0.05) is 25.6 Å². The summed E-state index contributed by atoms with van der Waals surface area (Å²) in [5, 5.41) is 9.08. The van der Waals surface area contributed by atoms with Crippen LogP contribution in [0.3, 0.4) is 0 Å². The maximum absolute atomic E-state index is 14.0. The average molecular weight is 311 g/mol. The van der Waals surface area contributed by atoms with Gasteiger partial charge in [-0.05, 0) is 18.1 Å². The fourth-order valence-electron chi connectivity index (χ4n) is 2.31. The van der Waals surface area contributed by atoms with E-state index in [-0.39, 0.29) is 41.2 Å². The van der Waals surface area contributed by atoms with E-state index in [0.717, 1.165) is 17.8 Å². The van der Waals surface area contributed by atoms with E-state index in [1.807, 2.05) is 0 Å². The molecule has 0 bridgehead atoms. The number of hydrogen-bond donors (Lipinski definition) is 1. The Hall–Kier alpha value is -1.89. The summed E-state index contributed by atoms with van der Waals surface area (Å²) in [4.78, 5) is 35.3. The van der Waals surface area contributed by atoms with E-state index in [9.17, 15) is 18.8 Å². The monoisotopic (exact) mass is 311 g/mol. The molecular formula is C14H14FNO4S. The second-order valence-electron chi connectivity index (χ2n) is 4.82. The number of anilines is 1. The van der Waals surface area contributed by atoms with Gasteiger partial charge in [-0.25, -0.2) is 9.18 Å². The van der Waals surface area contributed by atoms with Crippen molar-refractivity contribution in [3.05, 3.63) is 29.6 Å². The van der Waals surface area contributed by atoms with Gasteiger partial charge in [0.05, 0.1) is 11.3 Å². The number of hydrogen-bond acceptors (Lipinski definition) is 4. The van der Waals surface area contributed by atoms with Crippen molar-refractivity contribution in [1.29, 1.82) is 0 Å². The van der Waals surface area contributed by atoms with E-state index in [1.54, 1.807) is 0 Å². The van der Waals surface area contributed by atoms with Crippen LogP contribution in [0.1, 0.15) is 23.7 Å². The molecule has 1 aromatic carbocycles. The summed E-state index contributed by atoms with van der Waals surface area (Å²) in [6.45, 7) is 1.67. The van der Waals surface area contributed by atoms with Crippen LogP contribution in [0.4, 0.5) is 10.1 Å². The summed E-state index contributed by atoms with van der Waals surface area (Å²) in [6, 6.07) is 3.70. The van der Waals surface area contributed by atoms with Crippen LogP contribution in [-0.4, -0.2) is 34.4 Å². The minimum absolute atomic E-state index is 0.0435. The number of benzene rings is 1. The molecule has 21 heavy (non-hydrogen) atoms. The summed E-state index contributed by atoms with van der Waals surface area (Å²) in [7, 11) is 0. The number of nitrogens with zero attached hydrogens (tertiary/aromatic N) is 1. The highest BCUT2D eigenvalue weighted by molar-refractivity contribution is 8.13. The first-order chi connectivity index (χ1) is 9.90. The molecule has 1 amide bonds. The molecule has 5 nitrogen and oxygen atoms in total. The molecule has 1 saturated heterocycles. The van der Waals surface area contributed by atoms with Crippen molar-refractivity contribution in [2.45, 2.75) is 13.3 Å². The standard InChI is InChI=1S/C14H14FNO4S/c1-8(17)21-7-9-5-12(18)16(6-9)13-10(14(19)20)3-2-4-11(13)15/h2-4,9H,5-7H2,1H3,(H,19,20). The van der Waals surface area contributed by atoms with Gasteiger partial charge in [-0.15, -0.1) is 0 Å². The fraction of sp³-hybridized carbons (Fsp3) is 0.357. The Kier molecular flexibility index (Phi) is 4.62. The number of para-hydroxylation sites is 1. The van der Waals surface area contributed by atoms with Gasteiger partial charge in [0.1, 0.15) is 5.82 Å². The largest absolute Gasteiger partial charge is 0.478 e. The third-order valence-electron chi connectivity index (χ3n) is 3.21. The van der Waals surface area contributed by atoms with Crippen LogP contribution in [0, 0.1) is 11.7 Å². The van der Waals surface area contributed by atoms with Gasteiger partial charge in [0.2, 0.25) is 5.91 Å². The Morgan fingerprint density at radius 3 is 2.81 bits per heavy atom. The summed E-state index contributed by atoms with van der Waals surface area (Å²) < 4.78 is 14.0. The average Bonchev–Trinajstić information content (AvgIpc) is 2.77. The minimum Gasteiger partial charge on any atom is -0.478 e. The topological polar surface area (TPSA) is 74.7 Å². The van der Waals surface area contributed by atoms with Crippen molar-refractivity contribution in [3.8, 4) is 0 Å². The van der Waals surface area contributed by atoms with E-state index in [2.05, 4.69) is 0 Å². The van der Waals surface area contributed by atoms with Crippen LogP contribution in [0.15, 0.2) is 18.2 Å². The molecule has 1 unspecified atom stereocenters. The number of thioether (sulfide) groups is 1. The second kappa shape index (κ2) is 6.26. The van der Waals surface area contributed by atoms with Crippen molar-refractivity contribution in [3.63, 3.8) is 0 Å². The zero-order valence-corrected chi connectivity index (χ0v) is 12.2. The lowest BCUT2D eigenvalue weighted by Gasteiger charge is -2.19. The lowest BCUT2D eigenvalue weighted by molar-refractivity contribution is -0.117. The predicted octanol–water partition coefficient (Wildman–Crippen LogP) is 2.16. The molecule has 1 atom stereocenters. The predicted molar refractivity (Wildman–Crippen MR) is 77.0 cm³/mol. The number of carbonyl (C=O) groups excluding carboxylic acids is 2. The van der Waals surface area contributed by atoms with Gasteiger partial charge in [-0.2, -0.15) is 0 Å². The molecule has 0 aromatic heterocycles. The minimum atomic E-state index is -1.28. The molecule has 0 spiro atoms. The Bertz CT molecular complexity index is 605. The highest BCUT2D eigenvalue weighted by Gasteiger charge is 2.34. The van der Waals surface area contributed by atoms with Gasteiger partial charge in [0.15, 0.2) is 5.12 Å². The zero-order valence-electron chi connectivity index (χ0n) is 11.3. The van der Waals surface area contributed by atoms with Crippen molar-refractivity contribution in [1.82, 2.24) is 0 Å². The van der Waals surface area contributed by atoms with E-state index >= 15 is 0 Å². The normalized spacial score (nSPS) is 18.1. The molecule has 0 radical (unpaired) electrons. The van der Waals surface area contributed by atoms with Crippen molar-refractivity contribution >= 4 is 34.4 Å². The van der Waals surface area contributed by atoms with E-state index in [1.165, 1.54) is 24.0 Å². The van der Waals surface area contributed by atoms with Gasteiger partial charge in [-0.3, -0.25) is 9.59 Å². The SMILES string of the molecule is CC(=O)SCC1CC(=O)N(c2c(F)cccc2C(=O)O)C1. The molecule has 1 aliphatic rings. The molecule has 0 saturated carbocycles. The molecule has 1 fully saturated rings. The third-order valence-corrected chi connectivity index (χ3v) is 4.26. The number of amides is 1. The summed E-state index contributed by atoms with van der Waals surface area (Å²) in [5.74, 6) is -1.96. The summed E-state index contributed by atoms with van der Waals surface area (Å²) in [6.07, 6.45) is 0.188. The van der Waals surface area contributed by atoms with Crippen molar-refractivity contribution in [2.24, 2.45) is 5.92 Å². The Balaban J connectivity index is 2.25. The molecular weight excluding hydrogens is 297 g/mol. The van der Waals surface area contributed by atoms with Crippen LogP contribution in [0.5, 0.6) is 0 Å². The Morgan fingerprint density at radius 1 is 1.48 bits per heavy atom. The first-order valence-electron chi connectivity index (χ1n) is 6.35.